The van der Waals surface area contributed by atoms with Crippen LogP contribution in [0.25, 0.3) is 10.8 Å². The first-order valence-corrected chi connectivity index (χ1v) is 6.89. The van der Waals surface area contributed by atoms with Crippen LogP contribution in [0.3, 0.4) is 0 Å². The zero-order valence-corrected chi connectivity index (χ0v) is 11.0. The van der Waals surface area contributed by atoms with Crippen molar-refractivity contribution in [3.8, 4) is 0 Å². The molecule has 0 atom stereocenters. The van der Waals surface area contributed by atoms with Gasteiger partial charge in [-0.05, 0) is 6.42 Å². The Bertz CT molecular complexity index is 539. The number of nitrogens with one attached hydrogen (secondary N) is 1. The number of amides is 1. The molecular weight excluding hydrogens is 246 g/mol. The van der Waals surface area contributed by atoms with Crippen molar-refractivity contribution in [2.24, 2.45) is 0 Å². The Morgan fingerprint density at radius 3 is 3.06 bits per heavy atom. The van der Waals surface area contributed by atoms with Gasteiger partial charge in [-0.1, -0.05) is 43.0 Å². The van der Waals surface area contributed by atoms with Crippen LogP contribution in [0.2, 0.25) is 0 Å². The highest BCUT2D eigenvalue weighted by atomic mass is 32.2. The maximum Gasteiger partial charge on any atom is 0.230 e. The summed E-state index contributed by atoms with van der Waals surface area (Å²) >= 11 is 1.42. The Labute approximate surface area is 110 Å². The van der Waals surface area contributed by atoms with Gasteiger partial charge in [0.05, 0.1) is 11.9 Å². The third-order valence-electron chi connectivity index (χ3n) is 2.45. The van der Waals surface area contributed by atoms with Crippen LogP contribution in [-0.2, 0) is 4.79 Å². The lowest BCUT2D eigenvalue weighted by atomic mass is 10.2. The standard InChI is InChI=1S/C13H15N3OS/c1-2-7-14-12(17)9-18-13-11-6-4-3-5-10(11)8-15-16-13/h3-6,8H,2,7,9H2,1H3,(H,14,17). The Morgan fingerprint density at radius 1 is 1.39 bits per heavy atom. The van der Waals surface area contributed by atoms with Gasteiger partial charge in [0.15, 0.2) is 0 Å². The summed E-state index contributed by atoms with van der Waals surface area (Å²) < 4.78 is 0. The maximum absolute atomic E-state index is 11.5. The van der Waals surface area contributed by atoms with Crippen LogP contribution in [0.5, 0.6) is 0 Å². The fourth-order valence-corrected chi connectivity index (χ4v) is 2.37. The van der Waals surface area contributed by atoms with Gasteiger partial charge in [-0.3, -0.25) is 4.79 Å². The van der Waals surface area contributed by atoms with Gasteiger partial charge in [0.25, 0.3) is 0 Å². The average Bonchev–Trinajstić information content (AvgIpc) is 2.42. The zero-order valence-electron chi connectivity index (χ0n) is 10.2. The van der Waals surface area contributed by atoms with E-state index >= 15 is 0 Å². The molecule has 94 valence electrons. The van der Waals surface area contributed by atoms with Crippen LogP contribution >= 0.6 is 11.8 Å². The largest absolute Gasteiger partial charge is 0.355 e. The molecule has 18 heavy (non-hydrogen) atoms. The molecule has 0 aliphatic carbocycles. The molecule has 0 saturated heterocycles. The van der Waals surface area contributed by atoms with E-state index in [1.807, 2.05) is 31.2 Å². The van der Waals surface area contributed by atoms with Gasteiger partial charge in [0, 0.05) is 17.3 Å². The molecule has 1 amide bonds. The van der Waals surface area contributed by atoms with Gasteiger partial charge in [-0.15, -0.1) is 5.10 Å². The molecule has 0 aliphatic rings. The number of fused-ring (bicyclic) bond motifs is 1. The lowest BCUT2D eigenvalue weighted by Gasteiger charge is -2.04. The molecule has 0 radical (unpaired) electrons. The van der Waals surface area contributed by atoms with E-state index in [0.29, 0.717) is 5.75 Å². The number of carbonyl (C=O) groups is 1. The Hall–Kier alpha value is -1.62. The van der Waals surface area contributed by atoms with Crippen molar-refractivity contribution in [2.45, 2.75) is 18.4 Å². The third kappa shape index (κ3) is 3.20. The van der Waals surface area contributed by atoms with E-state index in [0.717, 1.165) is 28.8 Å². The van der Waals surface area contributed by atoms with Crippen LogP contribution in [0.15, 0.2) is 35.5 Å². The normalized spacial score (nSPS) is 10.5. The zero-order chi connectivity index (χ0) is 12.8. The highest BCUT2D eigenvalue weighted by Crippen LogP contribution is 2.24. The second-order valence-corrected chi connectivity index (χ2v) is 4.84. The first-order valence-electron chi connectivity index (χ1n) is 5.91. The molecule has 1 N–H and O–H groups in total. The average molecular weight is 261 g/mol. The smallest absolute Gasteiger partial charge is 0.230 e. The number of benzene rings is 1. The van der Waals surface area contributed by atoms with Crippen LogP contribution in [0.4, 0.5) is 0 Å². The Balaban J connectivity index is 2.05. The Morgan fingerprint density at radius 2 is 2.22 bits per heavy atom. The van der Waals surface area contributed by atoms with Gasteiger partial charge in [-0.25, -0.2) is 0 Å². The minimum absolute atomic E-state index is 0.0385. The van der Waals surface area contributed by atoms with Crippen LogP contribution in [0, 0.1) is 0 Å². The summed E-state index contributed by atoms with van der Waals surface area (Å²) in [7, 11) is 0. The molecule has 4 nitrogen and oxygen atoms in total. The van der Waals surface area contributed by atoms with Crippen LogP contribution in [-0.4, -0.2) is 28.4 Å². The van der Waals surface area contributed by atoms with Crippen molar-refractivity contribution in [1.82, 2.24) is 15.5 Å². The minimum Gasteiger partial charge on any atom is -0.355 e. The molecule has 0 aliphatic heterocycles. The molecule has 0 spiro atoms. The molecule has 5 heteroatoms. The lowest BCUT2D eigenvalue weighted by molar-refractivity contribution is -0.118. The molecule has 0 saturated carbocycles. The molecule has 1 aromatic carbocycles. The van der Waals surface area contributed by atoms with Gasteiger partial charge in [-0.2, -0.15) is 5.10 Å². The first-order chi connectivity index (χ1) is 8.81. The van der Waals surface area contributed by atoms with E-state index < -0.39 is 0 Å². The number of rotatable bonds is 5. The van der Waals surface area contributed by atoms with Gasteiger partial charge < -0.3 is 5.32 Å². The molecule has 1 heterocycles. The maximum atomic E-state index is 11.5. The number of hydrogen-bond acceptors (Lipinski definition) is 4. The van der Waals surface area contributed by atoms with Gasteiger partial charge in [0.2, 0.25) is 5.91 Å². The van der Waals surface area contributed by atoms with E-state index in [-0.39, 0.29) is 5.91 Å². The third-order valence-corrected chi connectivity index (χ3v) is 3.43. The topological polar surface area (TPSA) is 54.9 Å². The quantitative estimate of drug-likeness (QED) is 0.839. The fraction of sp³-hybridized carbons (Fsp3) is 0.308. The molecule has 0 bridgehead atoms. The summed E-state index contributed by atoms with van der Waals surface area (Å²) in [4.78, 5) is 11.5. The predicted octanol–water partition coefficient (Wildman–Crippen LogP) is 2.25. The summed E-state index contributed by atoms with van der Waals surface area (Å²) in [6, 6.07) is 7.92. The van der Waals surface area contributed by atoms with Crippen LogP contribution in [0.1, 0.15) is 13.3 Å². The summed E-state index contributed by atoms with van der Waals surface area (Å²) in [5, 5.41) is 13.8. The highest BCUT2D eigenvalue weighted by molar-refractivity contribution is 8.00. The minimum atomic E-state index is 0.0385. The van der Waals surface area contributed by atoms with Crippen molar-refractivity contribution in [2.75, 3.05) is 12.3 Å². The van der Waals surface area contributed by atoms with Crippen molar-refractivity contribution in [3.05, 3.63) is 30.5 Å². The molecule has 1 aromatic heterocycles. The molecule has 0 fully saturated rings. The number of thioether (sulfide) groups is 1. The number of hydrogen-bond donors (Lipinski definition) is 1. The molecule has 0 unspecified atom stereocenters. The van der Waals surface area contributed by atoms with Crippen molar-refractivity contribution in [1.29, 1.82) is 0 Å². The summed E-state index contributed by atoms with van der Waals surface area (Å²) in [6.45, 7) is 2.75. The van der Waals surface area contributed by atoms with Gasteiger partial charge >= 0.3 is 0 Å². The predicted molar refractivity (Wildman–Crippen MR) is 73.6 cm³/mol. The Kier molecular flexibility index (Phi) is 4.52. The summed E-state index contributed by atoms with van der Waals surface area (Å²) in [6.07, 6.45) is 2.68. The van der Waals surface area contributed by atoms with Crippen molar-refractivity contribution >= 4 is 28.4 Å². The van der Waals surface area contributed by atoms with E-state index in [1.165, 1.54) is 11.8 Å². The second kappa shape index (κ2) is 6.35. The van der Waals surface area contributed by atoms with E-state index in [1.54, 1.807) is 6.20 Å². The second-order valence-electron chi connectivity index (χ2n) is 3.88. The van der Waals surface area contributed by atoms with Crippen LogP contribution < -0.4 is 5.32 Å². The van der Waals surface area contributed by atoms with E-state index in [9.17, 15) is 4.79 Å². The van der Waals surface area contributed by atoms with Gasteiger partial charge in [0.1, 0.15) is 5.03 Å². The van der Waals surface area contributed by atoms with Crippen molar-refractivity contribution in [3.63, 3.8) is 0 Å². The number of carbonyl (C=O) groups excluding carboxylic acids is 1. The van der Waals surface area contributed by atoms with E-state index in [2.05, 4.69) is 15.5 Å². The highest BCUT2D eigenvalue weighted by Gasteiger charge is 2.06. The monoisotopic (exact) mass is 261 g/mol. The van der Waals surface area contributed by atoms with E-state index in [4.69, 9.17) is 0 Å². The summed E-state index contributed by atoms with van der Waals surface area (Å²) in [5.74, 6) is 0.416. The number of aromatic nitrogens is 2. The summed E-state index contributed by atoms with van der Waals surface area (Å²) in [5.41, 5.74) is 0. The first kappa shape index (κ1) is 12.8. The molecule has 2 aromatic rings. The SMILES string of the molecule is CCCNC(=O)CSc1nncc2ccccc12. The van der Waals surface area contributed by atoms with Crippen molar-refractivity contribution < 1.29 is 4.79 Å². The fourth-order valence-electron chi connectivity index (χ4n) is 1.56. The number of nitrogens with zero attached hydrogens (tertiary/aromatic N) is 2. The lowest BCUT2D eigenvalue weighted by Crippen LogP contribution is -2.25. The molecular formula is C13H15N3OS. The molecule has 2 rings (SSSR count).